The van der Waals surface area contributed by atoms with Crippen molar-refractivity contribution < 1.29 is 0 Å². The first kappa shape index (κ1) is 11.6. The minimum atomic E-state index is 0.609. The molecule has 1 N–H and O–H groups in total. The standard InChI is InChI=1S/C9H13Cl2N3/c1-14-5-3-9(13-14)2-4-12-7-8(11)6-10/h3,5-6,12H,2,4,7H2,1H3/b8-6-. The lowest BCUT2D eigenvalue weighted by atomic mass is 10.3. The van der Waals surface area contributed by atoms with Gasteiger partial charge in [0.05, 0.1) is 5.69 Å². The van der Waals surface area contributed by atoms with Crippen molar-refractivity contribution in [2.24, 2.45) is 7.05 Å². The van der Waals surface area contributed by atoms with Gasteiger partial charge in [0.1, 0.15) is 0 Å². The molecule has 3 nitrogen and oxygen atoms in total. The molecule has 1 rings (SSSR count). The average molecular weight is 234 g/mol. The van der Waals surface area contributed by atoms with Crippen LogP contribution in [0.15, 0.2) is 22.8 Å². The normalized spacial score (nSPS) is 12.1. The van der Waals surface area contributed by atoms with Gasteiger partial charge in [-0.15, -0.1) is 0 Å². The summed E-state index contributed by atoms with van der Waals surface area (Å²) in [5.74, 6) is 0. The van der Waals surface area contributed by atoms with Crippen LogP contribution >= 0.6 is 23.2 Å². The maximum absolute atomic E-state index is 5.70. The molecule has 0 atom stereocenters. The molecule has 0 unspecified atom stereocenters. The highest BCUT2D eigenvalue weighted by atomic mass is 35.5. The molecule has 0 saturated carbocycles. The van der Waals surface area contributed by atoms with E-state index in [0.717, 1.165) is 18.7 Å². The van der Waals surface area contributed by atoms with Crippen molar-refractivity contribution in [1.29, 1.82) is 0 Å². The Morgan fingerprint density at radius 2 is 2.50 bits per heavy atom. The van der Waals surface area contributed by atoms with Crippen molar-refractivity contribution in [3.63, 3.8) is 0 Å². The second-order valence-corrected chi connectivity index (χ2v) is 3.67. The van der Waals surface area contributed by atoms with Crippen LogP contribution in [0.5, 0.6) is 0 Å². The van der Waals surface area contributed by atoms with Gasteiger partial charge in [-0.2, -0.15) is 5.10 Å². The summed E-state index contributed by atoms with van der Waals surface area (Å²) in [6.07, 6.45) is 2.83. The van der Waals surface area contributed by atoms with Crippen LogP contribution in [-0.2, 0) is 13.5 Å². The van der Waals surface area contributed by atoms with E-state index in [1.807, 2.05) is 19.3 Å². The third-order valence-corrected chi connectivity index (χ3v) is 2.36. The molecule has 1 aromatic heterocycles. The SMILES string of the molecule is Cn1ccc(CCNC/C(Cl)=C/Cl)n1. The zero-order valence-corrected chi connectivity index (χ0v) is 9.52. The van der Waals surface area contributed by atoms with Crippen LogP contribution in [0.2, 0.25) is 0 Å². The zero-order chi connectivity index (χ0) is 10.4. The van der Waals surface area contributed by atoms with E-state index in [9.17, 15) is 0 Å². The van der Waals surface area contributed by atoms with Gasteiger partial charge in [-0.05, 0) is 6.07 Å². The van der Waals surface area contributed by atoms with E-state index < -0.39 is 0 Å². The van der Waals surface area contributed by atoms with Crippen molar-refractivity contribution in [3.05, 3.63) is 28.5 Å². The quantitative estimate of drug-likeness (QED) is 0.788. The highest BCUT2D eigenvalue weighted by Crippen LogP contribution is 2.00. The first-order chi connectivity index (χ1) is 6.72. The number of hydrogen-bond acceptors (Lipinski definition) is 2. The summed E-state index contributed by atoms with van der Waals surface area (Å²) >= 11 is 11.1. The second-order valence-electron chi connectivity index (χ2n) is 2.96. The minimum absolute atomic E-state index is 0.609. The first-order valence-corrected chi connectivity index (χ1v) is 5.18. The third kappa shape index (κ3) is 4.13. The molecule has 0 fully saturated rings. The Balaban J connectivity index is 2.16. The lowest BCUT2D eigenvalue weighted by molar-refractivity contribution is 0.698. The van der Waals surface area contributed by atoms with E-state index in [-0.39, 0.29) is 0 Å². The predicted octanol–water partition coefficient (Wildman–Crippen LogP) is 1.87. The van der Waals surface area contributed by atoms with Crippen molar-refractivity contribution in [2.75, 3.05) is 13.1 Å². The van der Waals surface area contributed by atoms with Crippen molar-refractivity contribution in [1.82, 2.24) is 15.1 Å². The molecule has 0 aromatic carbocycles. The molecule has 0 spiro atoms. The van der Waals surface area contributed by atoms with Crippen LogP contribution in [0, 0.1) is 0 Å². The Morgan fingerprint density at radius 3 is 3.07 bits per heavy atom. The first-order valence-electron chi connectivity index (χ1n) is 4.36. The molecule has 0 radical (unpaired) electrons. The molecule has 1 heterocycles. The van der Waals surface area contributed by atoms with Gasteiger partial charge in [0.15, 0.2) is 0 Å². The number of aryl methyl sites for hydroxylation is 1. The number of nitrogens with one attached hydrogen (secondary N) is 1. The molecular formula is C9H13Cl2N3. The van der Waals surface area contributed by atoms with Crippen LogP contribution in [0.1, 0.15) is 5.69 Å². The number of aromatic nitrogens is 2. The molecule has 0 saturated heterocycles. The smallest absolute Gasteiger partial charge is 0.0637 e. The number of nitrogens with zero attached hydrogens (tertiary/aromatic N) is 2. The largest absolute Gasteiger partial charge is 0.311 e. The summed E-state index contributed by atoms with van der Waals surface area (Å²) in [6, 6.07) is 2.00. The number of halogens is 2. The van der Waals surface area contributed by atoms with Gasteiger partial charge in [-0.25, -0.2) is 0 Å². The van der Waals surface area contributed by atoms with Crippen molar-refractivity contribution in [2.45, 2.75) is 6.42 Å². The second kappa shape index (κ2) is 6.06. The summed E-state index contributed by atoms with van der Waals surface area (Å²) in [7, 11) is 1.91. The molecule has 78 valence electrons. The molecular weight excluding hydrogens is 221 g/mol. The Hall–Kier alpha value is -0.510. The Bertz CT molecular complexity index is 307. The van der Waals surface area contributed by atoms with Crippen LogP contribution in [0.4, 0.5) is 0 Å². The van der Waals surface area contributed by atoms with Crippen molar-refractivity contribution >= 4 is 23.2 Å². The Kier molecular flexibility index (Phi) is 5.01. The molecule has 5 heteroatoms. The molecule has 0 aliphatic heterocycles. The van der Waals surface area contributed by atoms with E-state index in [0.29, 0.717) is 11.6 Å². The maximum atomic E-state index is 5.70. The van der Waals surface area contributed by atoms with Gasteiger partial charge in [-0.1, -0.05) is 23.2 Å². The van der Waals surface area contributed by atoms with Gasteiger partial charge in [0.2, 0.25) is 0 Å². The van der Waals surface area contributed by atoms with E-state index in [1.54, 1.807) is 4.68 Å². The lowest BCUT2D eigenvalue weighted by Crippen LogP contribution is -2.18. The molecule has 0 aliphatic rings. The zero-order valence-electron chi connectivity index (χ0n) is 8.00. The summed E-state index contributed by atoms with van der Waals surface area (Å²) in [5.41, 5.74) is 2.45. The number of hydrogen-bond donors (Lipinski definition) is 1. The van der Waals surface area contributed by atoms with Gasteiger partial charge in [-0.3, -0.25) is 4.68 Å². The molecule has 0 bridgehead atoms. The summed E-state index contributed by atoms with van der Waals surface area (Å²) < 4.78 is 1.79. The van der Waals surface area contributed by atoms with E-state index in [2.05, 4.69) is 10.4 Å². The third-order valence-electron chi connectivity index (χ3n) is 1.74. The minimum Gasteiger partial charge on any atom is -0.311 e. The fourth-order valence-electron chi connectivity index (χ4n) is 1.06. The Morgan fingerprint density at radius 1 is 1.71 bits per heavy atom. The Labute approximate surface area is 93.7 Å². The fourth-order valence-corrected chi connectivity index (χ4v) is 1.23. The van der Waals surface area contributed by atoms with Gasteiger partial charge < -0.3 is 5.32 Å². The van der Waals surface area contributed by atoms with Gasteiger partial charge in [0.25, 0.3) is 0 Å². The van der Waals surface area contributed by atoms with E-state index in [1.165, 1.54) is 5.54 Å². The highest BCUT2D eigenvalue weighted by Gasteiger charge is 1.96. The number of rotatable bonds is 5. The average Bonchev–Trinajstić information content (AvgIpc) is 2.58. The molecule has 1 aromatic rings. The maximum Gasteiger partial charge on any atom is 0.0637 e. The summed E-state index contributed by atoms with van der Waals surface area (Å²) in [5, 5.41) is 8.03. The summed E-state index contributed by atoms with van der Waals surface area (Å²) in [6.45, 7) is 1.45. The molecule has 14 heavy (non-hydrogen) atoms. The summed E-state index contributed by atoms with van der Waals surface area (Å²) in [4.78, 5) is 0. The van der Waals surface area contributed by atoms with Crippen LogP contribution < -0.4 is 5.32 Å². The van der Waals surface area contributed by atoms with Crippen LogP contribution in [0.25, 0.3) is 0 Å². The van der Waals surface area contributed by atoms with E-state index in [4.69, 9.17) is 23.2 Å². The molecule has 0 amide bonds. The topological polar surface area (TPSA) is 29.9 Å². The van der Waals surface area contributed by atoms with E-state index >= 15 is 0 Å². The van der Waals surface area contributed by atoms with Crippen LogP contribution in [0.3, 0.4) is 0 Å². The lowest BCUT2D eigenvalue weighted by Gasteiger charge is -2.00. The highest BCUT2D eigenvalue weighted by molar-refractivity contribution is 6.36. The van der Waals surface area contributed by atoms with Crippen LogP contribution in [-0.4, -0.2) is 22.9 Å². The van der Waals surface area contributed by atoms with Gasteiger partial charge in [0, 0.05) is 43.3 Å². The fraction of sp³-hybridized carbons (Fsp3) is 0.444. The predicted molar refractivity (Wildman–Crippen MR) is 59.6 cm³/mol. The van der Waals surface area contributed by atoms with Crippen molar-refractivity contribution in [3.8, 4) is 0 Å². The monoisotopic (exact) mass is 233 g/mol. The molecule has 0 aliphatic carbocycles. The van der Waals surface area contributed by atoms with Gasteiger partial charge >= 0.3 is 0 Å².